The fourth-order valence-corrected chi connectivity index (χ4v) is 3.84. The molecule has 0 spiro atoms. The second-order valence-electron chi connectivity index (χ2n) is 5.67. The number of aromatic nitrogens is 1. The van der Waals surface area contributed by atoms with Crippen LogP contribution in [0.2, 0.25) is 0 Å². The summed E-state index contributed by atoms with van der Waals surface area (Å²) in [5.74, 6) is 0. The lowest BCUT2D eigenvalue weighted by Crippen LogP contribution is -2.26. The van der Waals surface area contributed by atoms with Gasteiger partial charge in [-0.3, -0.25) is 0 Å². The number of hydrogen-bond acceptors (Lipinski definition) is 4. The third-order valence-corrected chi connectivity index (χ3v) is 5.05. The van der Waals surface area contributed by atoms with E-state index in [0.29, 0.717) is 6.04 Å². The van der Waals surface area contributed by atoms with E-state index in [9.17, 15) is 0 Å². The van der Waals surface area contributed by atoms with Crippen LogP contribution in [0.25, 0.3) is 0 Å². The van der Waals surface area contributed by atoms with E-state index in [2.05, 4.69) is 26.1 Å². The van der Waals surface area contributed by atoms with Crippen molar-refractivity contribution >= 4 is 11.3 Å². The highest BCUT2D eigenvalue weighted by molar-refractivity contribution is 7.11. The molecule has 0 saturated carbocycles. The fraction of sp³-hybridized carbons (Fsp3) is 0.800. The van der Waals surface area contributed by atoms with E-state index in [4.69, 9.17) is 9.72 Å². The number of rotatable bonds is 6. The van der Waals surface area contributed by atoms with Crippen molar-refractivity contribution in [2.45, 2.75) is 65.0 Å². The van der Waals surface area contributed by atoms with Gasteiger partial charge in [0.25, 0.3) is 0 Å². The maximum atomic E-state index is 5.84. The molecular weight excluding hydrogens is 256 g/mol. The van der Waals surface area contributed by atoms with Gasteiger partial charge in [-0.05, 0) is 53.0 Å². The van der Waals surface area contributed by atoms with Crippen molar-refractivity contribution in [2.75, 3.05) is 13.2 Å². The minimum absolute atomic E-state index is 0.258. The van der Waals surface area contributed by atoms with Gasteiger partial charge < -0.3 is 10.1 Å². The summed E-state index contributed by atoms with van der Waals surface area (Å²) in [4.78, 5) is 6.37. The first-order valence-electron chi connectivity index (χ1n) is 7.46. The lowest BCUT2D eigenvalue weighted by Gasteiger charge is -2.22. The molecule has 1 aromatic rings. The highest BCUT2D eigenvalue weighted by Gasteiger charge is 2.30. The van der Waals surface area contributed by atoms with Crippen LogP contribution in [-0.2, 0) is 16.8 Å². The molecule has 1 aliphatic carbocycles. The molecule has 1 atom stereocenters. The standard InChI is InChI=1S/C15H26N2OS/c1-5-10-16-11-8-7-9-12-13(11)17-14(19-12)15(3,4)18-6-2/h11,16H,5-10H2,1-4H3. The summed E-state index contributed by atoms with van der Waals surface area (Å²) in [6.07, 6.45) is 4.84. The molecule has 2 rings (SSSR count). The first-order valence-corrected chi connectivity index (χ1v) is 8.27. The summed E-state index contributed by atoms with van der Waals surface area (Å²) < 4.78 is 5.84. The first kappa shape index (κ1) is 14.9. The number of ether oxygens (including phenoxy) is 1. The third-order valence-electron chi connectivity index (χ3n) is 3.62. The smallest absolute Gasteiger partial charge is 0.125 e. The molecule has 0 bridgehead atoms. The van der Waals surface area contributed by atoms with Crippen LogP contribution in [0, 0.1) is 0 Å². The predicted molar refractivity (Wildman–Crippen MR) is 80.7 cm³/mol. The van der Waals surface area contributed by atoms with Gasteiger partial charge in [0, 0.05) is 11.5 Å². The number of thiazole rings is 1. The maximum absolute atomic E-state index is 5.84. The number of aryl methyl sites for hydroxylation is 1. The Balaban J connectivity index is 2.20. The molecule has 1 N–H and O–H groups in total. The molecule has 1 heterocycles. The van der Waals surface area contributed by atoms with E-state index in [-0.39, 0.29) is 5.60 Å². The summed E-state index contributed by atoms with van der Waals surface area (Å²) in [5, 5.41) is 4.76. The number of fused-ring (bicyclic) bond motifs is 1. The Kier molecular flexibility index (Phi) is 4.98. The van der Waals surface area contributed by atoms with Crippen LogP contribution in [0.5, 0.6) is 0 Å². The monoisotopic (exact) mass is 282 g/mol. The summed E-state index contributed by atoms with van der Waals surface area (Å²) in [6, 6.07) is 0.450. The molecule has 1 aromatic heterocycles. The summed E-state index contributed by atoms with van der Waals surface area (Å²) in [7, 11) is 0. The Hall–Kier alpha value is -0.450. The molecule has 0 saturated heterocycles. The van der Waals surface area contributed by atoms with Gasteiger partial charge in [-0.1, -0.05) is 6.92 Å². The molecule has 0 fully saturated rings. The average Bonchev–Trinajstić information content (AvgIpc) is 2.81. The van der Waals surface area contributed by atoms with E-state index < -0.39 is 0 Å². The van der Waals surface area contributed by atoms with Gasteiger partial charge in [0.2, 0.25) is 0 Å². The van der Waals surface area contributed by atoms with Crippen molar-refractivity contribution in [3.63, 3.8) is 0 Å². The van der Waals surface area contributed by atoms with Crippen molar-refractivity contribution in [3.05, 3.63) is 15.6 Å². The van der Waals surface area contributed by atoms with Gasteiger partial charge in [-0.2, -0.15) is 0 Å². The SMILES string of the molecule is CCCNC1CCCc2sc(C(C)(C)OCC)nc21. The Morgan fingerprint density at radius 1 is 1.42 bits per heavy atom. The van der Waals surface area contributed by atoms with Gasteiger partial charge in [-0.25, -0.2) is 4.98 Å². The Bertz CT molecular complexity index is 414. The maximum Gasteiger partial charge on any atom is 0.125 e. The molecular formula is C15H26N2OS. The number of nitrogens with one attached hydrogen (secondary N) is 1. The Morgan fingerprint density at radius 2 is 2.21 bits per heavy atom. The summed E-state index contributed by atoms with van der Waals surface area (Å²) >= 11 is 1.84. The van der Waals surface area contributed by atoms with Crippen LogP contribution in [0.1, 0.15) is 68.6 Å². The molecule has 3 nitrogen and oxygen atoms in total. The van der Waals surface area contributed by atoms with Gasteiger partial charge >= 0.3 is 0 Å². The van der Waals surface area contributed by atoms with Crippen molar-refractivity contribution in [3.8, 4) is 0 Å². The molecule has 108 valence electrons. The molecule has 0 aromatic carbocycles. The first-order chi connectivity index (χ1) is 9.08. The highest BCUT2D eigenvalue weighted by Crippen LogP contribution is 2.37. The van der Waals surface area contributed by atoms with Gasteiger partial charge in [-0.15, -0.1) is 11.3 Å². The zero-order valence-electron chi connectivity index (χ0n) is 12.6. The van der Waals surface area contributed by atoms with Crippen molar-refractivity contribution in [1.29, 1.82) is 0 Å². The zero-order chi connectivity index (χ0) is 13.9. The molecule has 1 unspecified atom stereocenters. The van der Waals surface area contributed by atoms with Crippen LogP contribution < -0.4 is 5.32 Å². The molecule has 0 amide bonds. The highest BCUT2D eigenvalue weighted by atomic mass is 32.1. The van der Waals surface area contributed by atoms with E-state index in [1.54, 1.807) is 0 Å². The molecule has 0 radical (unpaired) electrons. The summed E-state index contributed by atoms with van der Waals surface area (Å²) in [6.45, 7) is 10.3. The largest absolute Gasteiger partial charge is 0.369 e. The fourth-order valence-electron chi connectivity index (χ4n) is 2.62. The molecule has 1 aliphatic rings. The van der Waals surface area contributed by atoms with Gasteiger partial charge in [0.1, 0.15) is 10.6 Å². The minimum Gasteiger partial charge on any atom is -0.369 e. The quantitative estimate of drug-likeness (QED) is 0.862. The minimum atomic E-state index is -0.258. The normalized spacial score (nSPS) is 19.5. The predicted octanol–water partition coefficient (Wildman–Crippen LogP) is 3.79. The lowest BCUT2D eigenvalue weighted by molar-refractivity contribution is -0.0143. The van der Waals surface area contributed by atoms with E-state index in [1.165, 1.54) is 36.3 Å². The zero-order valence-corrected chi connectivity index (χ0v) is 13.4. The van der Waals surface area contributed by atoms with Crippen LogP contribution in [0.15, 0.2) is 0 Å². The van der Waals surface area contributed by atoms with Crippen molar-refractivity contribution < 1.29 is 4.74 Å². The second-order valence-corrected chi connectivity index (χ2v) is 6.75. The van der Waals surface area contributed by atoms with E-state index in [1.807, 2.05) is 18.3 Å². The van der Waals surface area contributed by atoms with Gasteiger partial charge in [0.05, 0.1) is 11.7 Å². The second kappa shape index (κ2) is 6.33. The molecule has 19 heavy (non-hydrogen) atoms. The van der Waals surface area contributed by atoms with Crippen LogP contribution >= 0.6 is 11.3 Å². The Morgan fingerprint density at radius 3 is 2.89 bits per heavy atom. The van der Waals surface area contributed by atoms with Gasteiger partial charge in [0.15, 0.2) is 0 Å². The number of hydrogen-bond donors (Lipinski definition) is 1. The summed E-state index contributed by atoms with van der Waals surface area (Å²) in [5.41, 5.74) is 1.03. The topological polar surface area (TPSA) is 34.1 Å². The van der Waals surface area contributed by atoms with E-state index in [0.717, 1.165) is 18.2 Å². The lowest BCUT2D eigenvalue weighted by atomic mass is 9.97. The van der Waals surface area contributed by atoms with Crippen LogP contribution in [0.3, 0.4) is 0 Å². The Labute approximate surface area is 120 Å². The average molecular weight is 282 g/mol. The molecule has 0 aliphatic heterocycles. The van der Waals surface area contributed by atoms with Crippen LogP contribution in [-0.4, -0.2) is 18.1 Å². The van der Waals surface area contributed by atoms with Crippen molar-refractivity contribution in [1.82, 2.24) is 10.3 Å². The molecule has 4 heteroatoms. The van der Waals surface area contributed by atoms with Crippen LogP contribution in [0.4, 0.5) is 0 Å². The van der Waals surface area contributed by atoms with E-state index >= 15 is 0 Å². The number of nitrogens with zero attached hydrogens (tertiary/aromatic N) is 1. The third kappa shape index (κ3) is 3.36. The van der Waals surface area contributed by atoms with Crippen molar-refractivity contribution in [2.24, 2.45) is 0 Å².